The number of benzene rings is 4. The molecular formula is C42H42O3. The number of ether oxygens (including phenoxy) is 3. The molecule has 7 aromatic rings. The van der Waals surface area contributed by atoms with Crippen molar-refractivity contribution in [2.45, 2.75) is 117 Å². The molecule has 3 aliphatic heterocycles. The summed E-state index contributed by atoms with van der Waals surface area (Å²) in [5.41, 5.74) is 5.95. The van der Waals surface area contributed by atoms with Gasteiger partial charge in [-0.15, -0.1) is 0 Å². The van der Waals surface area contributed by atoms with Gasteiger partial charge in [-0.2, -0.15) is 0 Å². The molecule has 10 rings (SSSR count). The SMILES string of the molecule is CC1(C)OC(C)(C)c2cc3c(cc21)c1c2c4cc5c(cc4c2c2c4cc6c(cc4c2c31)C(C)(C)OC6(C)C)C(C)(C)OC5(C)C. The lowest BCUT2D eigenvalue weighted by atomic mass is 9.72. The summed E-state index contributed by atoms with van der Waals surface area (Å²) in [6, 6.07) is 14.7. The lowest BCUT2D eigenvalue weighted by Crippen LogP contribution is -2.22. The van der Waals surface area contributed by atoms with Gasteiger partial charge in [0.05, 0.1) is 33.6 Å². The molecule has 45 heavy (non-hydrogen) atoms. The van der Waals surface area contributed by atoms with Crippen molar-refractivity contribution in [3.8, 4) is 0 Å². The Morgan fingerprint density at radius 2 is 0.400 bits per heavy atom. The van der Waals surface area contributed by atoms with Gasteiger partial charge in [-0.25, -0.2) is 0 Å². The first-order valence-corrected chi connectivity index (χ1v) is 16.7. The van der Waals surface area contributed by atoms with E-state index in [2.05, 4.69) is 119 Å². The van der Waals surface area contributed by atoms with E-state index in [9.17, 15) is 0 Å². The van der Waals surface area contributed by atoms with Crippen LogP contribution in [0.5, 0.6) is 0 Å². The van der Waals surface area contributed by atoms with Crippen LogP contribution < -0.4 is 0 Å². The van der Waals surface area contributed by atoms with Crippen LogP contribution in [0.3, 0.4) is 0 Å². The molecule has 3 heteroatoms. The zero-order chi connectivity index (χ0) is 31.8. The van der Waals surface area contributed by atoms with E-state index in [1.54, 1.807) is 0 Å². The highest BCUT2D eigenvalue weighted by molar-refractivity contribution is 6.57. The molecule has 0 aliphatic carbocycles. The van der Waals surface area contributed by atoms with Gasteiger partial charge in [0.25, 0.3) is 0 Å². The van der Waals surface area contributed by atoms with Crippen molar-refractivity contribution in [2.24, 2.45) is 0 Å². The predicted octanol–water partition coefficient (Wildman–Crippen LogP) is 11.4. The van der Waals surface area contributed by atoms with E-state index in [-0.39, 0.29) is 33.6 Å². The molecule has 0 amide bonds. The third-order valence-electron chi connectivity index (χ3n) is 12.0. The third-order valence-corrected chi connectivity index (χ3v) is 12.0. The number of fused-ring (bicyclic) bond motifs is 18. The normalized spacial score (nSPS) is 23.5. The highest BCUT2D eigenvalue weighted by Crippen LogP contribution is 2.61. The van der Waals surface area contributed by atoms with E-state index in [0.29, 0.717) is 0 Å². The van der Waals surface area contributed by atoms with Crippen LogP contribution in [-0.2, 0) is 47.8 Å². The van der Waals surface area contributed by atoms with E-state index >= 15 is 0 Å². The Morgan fingerprint density at radius 3 is 0.533 bits per heavy atom. The fraction of sp³-hybridized carbons (Fsp3) is 0.429. The number of hydrogen-bond acceptors (Lipinski definition) is 3. The van der Waals surface area contributed by atoms with Crippen LogP contribution in [0.25, 0.3) is 64.6 Å². The molecule has 0 unspecified atom stereocenters. The van der Waals surface area contributed by atoms with Gasteiger partial charge in [-0.3, -0.25) is 0 Å². The minimum Gasteiger partial charge on any atom is -0.360 e. The van der Waals surface area contributed by atoms with Crippen LogP contribution in [0.1, 0.15) is 116 Å². The van der Waals surface area contributed by atoms with Gasteiger partial charge < -0.3 is 14.2 Å². The summed E-state index contributed by atoms with van der Waals surface area (Å²) < 4.78 is 19.9. The van der Waals surface area contributed by atoms with Crippen LogP contribution in [-0.4, -0.2) is 0 Å². The monoisotopic (exact) mass is 594 g/mol. The number of hydrogen-bond donors (Lipinski definition) is 0. The minimum atomic E-state index is -0.326. The largest absolute Gasteiger partial charge is 0.360 e. The fourth-order valence-corrected chi connectivity index (χ4v) is 10.5. The van der Waals surface area contributed by atoms with E-state index < -0.39 is 0 Å². The summed E-state index contributed by atoms with van der Waals surface area (Å²) in [6.07, 6.45) is 0. The van der Waals surface area contributed by atoms with Crippen LogP contribution in [0, 0.1) is 0 Å². The average Bonchev–Trinajstić information content (AvgIpc) is 3.29. The first-order valence-electron chi connectivity index (χ1n) is 16.7. The molecule has 7 aromatic carbocycles. The van der Waals surface area contributed by atoms with Gasteiger partial charge in [0.1, 0.15) is 0 Å². The third kappa shape index (κ3) is 2.84. The molecule has 0 atom stereocenters. The van der Waals surface area contributed by atoms with Gasteiger partial charge in [-0.05, 0) is 217 Å². The van der Waals surface area contributed by atoms with Gasteiger partial charge in [0.2, 0.25) is 0 Å². The maximum atomic E-state index is 6.65. The summed E-state index contributed by atoms with van der Waals surface area (Å²) in [7, 11) is 0. The van der Waals surface area contributed by atoms with Gasteiger partial charge >= 0.3 is 0 Å². The van der Waals surface area contributed by atoms with Crippen molar-refractivity contribution in [3.05, 3.63) is 69.8 Å². The smallest absolute Gasteiger partial charge is 0.0891 e. The Balaban J connectivity index is 1.40. The van der Waals surface area contributed by atoms with Crippen molar-refractivity contribution >= 4 is 64.6 Å². The zero-order valence-corrected chi connectivity index (χ0v) is 28.7. The summed E-state index contributed by atoms with van der Waals surface area (Å²) in [5.74, 6) is 0. The van der Waals surface area contributed by atoms with Crippen LogP contribution in [0.4, 0.5) is 0 Å². The van der Waals surface area contributed by atoms with E-state index in [4.69, 9.17) is 14.2 Å². The highest BCUT2D eigenvalue weighted by Gasteiger charge is 2.47. The number of rotatable bonds is 0. The first-order chi connectivity index (χ1) is 20.8. The molecule has 0 saturated carbocycles. The molecule has 0 N–H and O–H groups in total. The van der Waals surface area contributed by atoms with Crippen molar-refractivity contribution in [2.75, 3.05) is 0 Å². The summed E-state index contributed by atoms with van der Waals surface area (Å²) in [6.45, 7) is 26.6. The molecule has 3 nitrogen and oxygen atoms in total. The molecule has 0 radical (unpaired) electrons. The fourth-order valence-electron chi connectivity index (χ4n) is 10.5. The van der Waals surface area contributed by atoms with Crippen molar-refractivity contribution in [3.63, 3.8) is 0 Å². The maximum Gasteiger partial charge on any atom is 0.0891 e. The predicted molar refractivity (Wildman–Crippen MR) is 186 cm³/mol. The topological polar surface area (TPSA) is 27.7 Å². The van der Waals surface area contributed by atoms with Crippen LogP contribution in [0.15, 0.2) is 36.4 Å². The van der Waals surface area contributed by atoms with E-state index in [1.165, 1.54) is 98.0 Å². The van der Waals surface area contributed by atoms with Gasteiger partial charge in [0, 0.05) is 0 Å². The second kappa shape index (κ2) is 7.03. The summed E-state index contributed by atoms with van der Waals surface area (Å²) in [4.78, 5) is 0. The Kier molecular flexibility index (Phi) is 4.20. The lowest BCUT2D eigenvalue weighted by Gasteiger charge is -2.30. The summed E-state index contributed by atoms with van der Waals surface area (Å²) in [5, 5.41) is 16.8. The lowest BCUT2D eigenvalue weighted by molar-refractivity contribution is -0.105. The Bertz CT molecular complexity index is 2020. The van der Waals surface area contributed by atoms with Crippen LogP contribution >= 0.6 is 0 Å². The Hall–Kier alpha value is -3.24. The zero-order valence-electron chi connectivity index (χ0n) is 28.7. The Labute approximate surface area is 264 Å². The van der Waals surface area contributed by atoms with Crippen LogP contribution in [0.2, 0.25) is 0 Å². The first kappa shape index (κ1) is 26.9. The highest BCUT2D eigenvalue weighted by atomic mass is 16.5. The molecule has 3 aliphatic rings. The second-order valence-electron chi connectivity index (χ2n) is 17.4. The quantitative estimate of drug-likeness (QED) is 0.175. The molecule has 3 heterocycles. The second-order valence-corrected chi connectivity index (χ2v) is 17.4. The molecule has 0 fully saturated rings. The van der Waals surface area contributed by atoms with Gasteiger partial charge in [0.15, 0.2) is 0 Å². The van der Waals surface area contributed by atoms with Crippen molar-refractivity contribution < 1.29 is 14.2 Å². The average molecular weight is 595 g/mol. The molecular weight excluding hydrogens is 552 g/mol. The minimum absolute atomic E-state index is 0.326. The summed E-state index contributed by atoms with van der Waals surface area (Å²) >= 11 is 0. The maximum absolute atomic E-state index is 6.65. The van der Waals surface area contributed by atoms with E-state index in [1.807, 2.05) is 0 Å². The van der Waals surface area contributed by atoms with Crippen molar-refractivity contribution in [1.82, 2.24) is 0 Å². The molecule has 0 saturated heterocycles. The standard InChI is InChI=1S/C42H42O3/c1-37(2)25-13-19-20(14-26(25)38(3,4)43-37)32-31(19)33-21-15-27-28(40(7,8)44-39(27,5)6)16-22(21)35(33)36-24-18-30-29(17-23(24)34(32)36)41(9,10)45-42(30,11)12/h13-18H,1-12H3. The molecule has 0 bridgehead atoms. The molecule has 0 spiro atoms. The molecule has 228 valence electrons. The van der Waals surface area contributed by atoms with Crippen molar-refractivity contribution in [1.29, 1.82) is 0 Å². The Morgan fingerprint density at radius 1 is 0.267 bits per heavy atom. The van der Waals surface area contributed by atoms with Gasteiger partial charge in [-0.1, -0.05) is 0 Å². The molecule has 0 aromatic heterocycles. The van der Waals surface area contributed by atoms with E-state index in [0.717, 1.165) is 0 Å².